The molecule has 2 fully saturated rings. The van der Waals surface area contributed by atoms with E-state index in [2.05, 4.69) is 4.90 Å². The summed E-state index contributed by atoms with van der Waals surface area (Å²) in [6, 6.07) is 3.81. The Kier molecular flexibility index (Phi) is 3.59. The minimum atomic E-state index is -0.410. The molecule has 2 aliphatic heterocycles. The molecule has 2 aliphatic rings. The van der Waals surface area contributed by atoms with Crippen LogP contribution < -0.4 is 4.90 Å². The first-order chi connectivity index (χ1) is 10.0. The molecule has 114 valence electrons. The summed E-state index contributed by atoms with van der Waals surface area (Å²) in [6.45, 7) is 1.48. The lowest BCUT2D eigenvalue weighted by molar-refractivity contribution is -0.385. The van der Waals surface area contributed by atoms with Crippen LogP contribution in [0.4, 0.5) is 11.4 Å². The smallest absolute Gasteiger partial charge is 0.272 e. The summed E-state index contributed by atoms with van der Waals surface area (Å²) in [6.07, 6.45) is 3.27. The van der Waals surface area contributed by atoms with Crippen molar-refractivity contribution < 1.29 is 15.1 Å². The van der Waals surface area contributed by atoms with Gasteiger partial charge in [0.25, 0.3) is 5.69 Å². The Bertz CT molecular complexity index is 561. The van der Waals surface area contributed by atoms with Crippen LogP contribution in [0.2, 0.25) is 0 Å². The third kappa shape index (κ3) is 2.28. The Hall–Kier alpha value is -1.66. The van der Waals surface area contributed by atoms with Crippen molar-refractivity contribution >= 4 is 11.4 Å². The second-order valence-electron chi connectivity index (χ2n) is 6.04. The van der Waals surface area contributed by atoms with Crippen LogP contribution in [0.1, 0.15) is 36.8 Å². The highest BCUT2D eigenvalue weighted by Gasteiger charge is 2.41. The van der Waals surface area contributed by atoms with Crippen molar-refractivity contribution in [2.24, 2.45) is 0 Å². The SMILES string of the molecule is Cc1c([N+](=O)[O-])ccc(N2[C@@H]3CC[C@H]2CC(O)C3)c1CO. The van der Waals surface area contributed by atoms with E-state index in [0.717, 1.165) is 31.4 Å². The normalized spacial score (nSPS) is 28.0. The van der Waals surface area contributed by atoms with E-state index < -0.39 is 4.92 Å². The summed E-state index contributed by atoms with van der Waals surface area (Å²) in [4.78, 5) is 12.9. The van der Waals surface area contributed by atoms with Crippen molar-refractivity contribution in [2.45, 2.75) is 57.4 Å². The lowest BCUT2D eigenvalue weighted by atomic mass is 9.96. The standard InChI is InChI=1S/C15H20N2O4/c1-9-13(8-18)15(5-4-14(9)17(20)21)16-10-2-3-11(16)7-12(19)6-10/h4-5,10-12,18-19H,2-3,6-8H2,1H3/t10-,11+,12?. The van der Waals surface area contributed by atoms with Crippen molar-refractivity contribution in [3.8, 4) is 0 Å². The summed E-state index contributed by atoms with van der Waals surface area (Å²) < 4.78 is 0. The predicted molar refractivity (Wildman–Crippen MR) is 78.3 cm³/mol. The molecule has 0 spiro atoms. The van der Waals surface area contributed by atoms with Gasteiger partial charge in [-0.3, -0.25) is 10.1 Å². The summed E-state index contributed by atoms with van der Waals surface area (Å²) in [5.41, 5.74) is 2.11. The van der Waals surface area contributed by atoms with Gasteiger partial charge in [-0.2, -0.15) is 0 Å². The molecule has 1 aromatic carbocycles. The van der Waals surface area contributed by atoms with Crippen LogP contribution in [0.5, 0.6) is 0 Å². The molecule has 2 N–H and O–H groups in total. The number of hydrogen-bond donors (Lipinski definition) is 2. The van der Waals surface area contributed by atoms with E-state index >= 15 is 0 Å². The van der Waals surface area contributed by atoms with Gasteiger partial charge in [0, 0.05) is 35.0 Å². The molecule has 2 heterocycles. The van der Waals surface area contributed by atoms with Gasteiger partial charge < -0.3 is 15.1 Å². The number of hydrogen-bond acceptors (Lipinski definition) is 5. The number of benzene rings is 1. The highest BCUT2D eigenvalue weighted by Crippen LogP contribution is 2.42. The summed E-state index contributed by atoms with van der Waals surface area (Å²) >= 11 is 0. The van der Waals surface area contributed by atoms with Gasteiger partial charge in [0.1, 0.15) is 0 Å². The molecule has 0 aromatic heterocycles. The zero-order valence-corrected chi connectivity index (χ0v) is 12.0. The topological polar surface area (TPSA) is 86.8 Å². The fourth-order valence-corrected chi connectivity index (χ4v) is 3.91. The van der Waals surface area contributed by atoms with E-state index in [1.807, 2.05) is 0 Å². The molecule has 3 atom stereocenters. The van der Waals surface area contributed by atoms with Crippen LogP contribution in [0, 0.1) is 17.0 Å². The minimum absolute atomic E-state index is 0.0483. The Morgan fingerprint density at radius 1 is 1.33 bits per heavy atom. The molecular weight excluding hydrogens is 272 g/mol. The summed E-state index contributed by atoms with van der Waals surface area (Å²) in [7, 11) is 0. The maximum absolute atomic E-state index is 11.0. The van der Waals surface area contributed by atoms with Crippen LogP contribution in [0.3, 0.4) is 0 Å². The van der Waals surface area contributed by atoms with Crippen LogP contribution >= 0.6 is 0 Å². The quantitative estimate of drug-likeness (QED) is 0.656. The number of anilines is 1. The maximum Gasteiger partial charge on any atom is 0.272 e. The lowest BCUT2D eigenvalue weighted by Gasteiger charge is -2.40. The highest BCUT2D eigenvalue weighted by molar-refractivity contribution is 5.64. The van der Waals surface area contributed by atoms with Gasteiger partial charge in [0.2, 0.25) is 0 Å². The van der Waals surface area contributed by atoms with Gasteiger partial charge in [-0.25, -0.2) is 0 Å². The molecule has 0 amide bonds. The van der Waals surface area contributed by atoms with Crippen molar-refractivity contribution in [1.29, 1.82) is 0 Å². The van der Waals surface area contributed by atoms with Gasteiger partial charge in [0.15, 0.2) is 0 Å². The average molecular weight is 292 g/mol. The second-order valence-corrected chi connectivity index (χ2v) is 6.04. The first-order valence-electron chi connectivity index (χ1n) is 7.37. The van der Waals surface area contributed by atoms with Crippen molar-refractivity contribution in [3.63, 3.8) is 0 Å². The number of nitrogens with zero attached hydrogens (tertiary/aromatic N) is 2. The third-order valence-corrected chi connectivity index (χ3v) is 4.89. The second kappa shape index (κ2) is 5.27. The largest absolute Gasteiger partial charge is 0.393 e. The summed E-state index contributed by atoms with van der Waals surface area (Å²) in [5, 5.41) is 30.6. The lowest BCUT2D eigenvalue weighted by Crippen LogP contribution is -2.45. The van der Waals surface area contributed by atoms with Gasteiger partial charge in [-0.15, -0.1) is 0 Å². The average Bonchev–Trinajstić information content (AvgIpc) is 2.69. The molecule has 0 saturated carbocycles. The fourth-order valence-electron chi connectivity index (χ4n) is 3.91. The third-order valence-electron chi connectivity index (χ3n) is 4.89. The molecule has 6 heteroatoms. The number of nitro benzene ring substituents is 1. The van der Waals surface area contributed by atoms with Crippen molar-refractivity contribution in [2.75, 3.05) is 4.90 Å². The van der Waals surface area contributed by atoms with Gasteiger partial charge >= 0.3 is 0 Å². The number of rotatable bonds is 3. The predicted octanol–water partition coefficient (Wildman–Crippen LogP) is 1.89. The van der Waals surface area contributed by atoms with Gasteiger partial charge in [-0.05, 0) is 38.7 Å². The number of fused-ring (bicyclic) bond motifs is 2. The Balaban J connectivity index is 2.03. The van der Waals surface area contributed by atoms with Crippen LogP contribution in [0.25, 0.3) is 0 Å². The van der Waals surface area contributed by atoms with Gasteiger partial charge in [-0.1, -0.05) is 0 Å². The van der Waals surface area contributed by atoms with Crippen molar-refractivity contribution in [1.82, 2.24) is 0 Å². The molecule has 21 heavy (non-hydrogen) atoms. The minimum Gasteiger partial charge on any atom is -0.393 e. The van der Waals surface area contributed by atoms with Gasteiger partial charge in [0.05, 0.1) is 17.6 Å². The van der Waals surface area contributed by atoms with E-state index in [4.69, 9.17) is 0 Å². The van der Waals surface area contributed by atoms with E-state index in [0.29, 0.717) is 11.1 Å². The molecule has 6 nitrogen and oxygen atoms in total. The molecule has 2 saturated heterocycles. The monoisotopic (exact) mass is 292 g/mol. The number of aliphatic hydroxyl groups is 2. The van der Waals surface area contributed by atoms with E-state index in [1.54, 1.807) is 13.0 Å². The van der Waals surface area contributed by atoms with Crippen LogP contribution in [-0.2, 0) is 6.61 Å². The Labute approximate surface area is 123 Å². The molecule has 0 radical (unpaired) electrons. The Morgan fingerprint density at radius 3 is 2.48 bits per heavy atom. The Morgan fingerprint density at radius 2 is 1.95 bits per heavy atom. The fraction of sp³-hybridized carbons (Fsp3) is 0.600. The van der Waals surface area contributed by atoms with E-state index in [1.165, 1.54) is 6.07 Å². The molecule has 1 unspecified atom stereocenters. The van der Waals surface area contributed by atoms with Crippen LogP contribution in [0.15, 0.2) is 12.1 Å². The number of piperidine rings is 1. The number of aliphatic hydroxyl groups excluding tert-OH is 2. The molecule has 0 aliphatic carbocycles. The highest BCUT2D eigenvalue weighted by atomic mass is 16.6. The molecule has 2 bridgehead atoms. The zero-order valence-electron chi connectivity index (χ0n) is 12.0. The molecule has 1 aromatic rings. The maximum atomic E-state index is 11.0. The number of nitro groups is 1. The van der Waals surface area contributed by atoms with E-state index in [9.17, 15) is 20.3 Å². The molecule has 3 rings (SSSR count). The zero-order chi connectivity index (χ0) is 15.1. The first-order valence-corrected chi connectivity index (χ1v) is 7.37. The van der Waals surface area contributed by atoms with Crippen molar-refractivity contribution in [3.05, 3.63) is 33.4 Å². The summed E-state index contributed by atoms with van der Waals surface area (Å²) in [5.74, 6) is 0. The first kappa shape index (κ1) is 14.3. The molecular formula is C15H20N2O4. The van der Waals surface area contributed by atoms with E-state index in [-0.39, 0.29) is 30.5 Å². The van der Waals surface area contributed by atoms with Crippen LogP contribution in [-0.4, -0.2) is 33.3 Å².